The number of pyridine rings is 1. The van der Waals surface area contributed by atoms with Gasteiger partial charge in [-0.15, -0.1) is 0 Å². The molecule has 10 nitrogen and oxygen atoms in total. The third-order valence-corrected chi connectivity index (χ3v) is 10.9. The fourth-order valence-electron chi connectivity index (χ4n) is 5.63. The number of aromatic nitrogens is 2. The molecule has 1 amide bonds. The van der Waals surface area contributed by atoms with Crippen molar-refractivity contribution in [1.29, 1.82) is 0 Å². The van der Waals surface area contributed by atoms with Gasteiger partial charge in [0.2, 0.25) is 5.88 Å². The van der Waals surface area contributed by atoms with Gasteiger partial charge in [0.05, 0.1) is 32.3 Å². The van der Waals surface area contributed by atoms with Gasteiger partial charge in [-0.05, 0) is 60.2 Å². The molecule has 0 bridgehead atoms. The average Bonchev–Trinajstić information content (AvgIpc) is 3.44. The zero-order chi connectivity index (χ0) is 34.7. The molecule has 1 aliphatic rings. The standard InChI is InChI=1S/C35H34Cl2FN5O5S/c1-40-32-20-28(48-34-12-6-26(22-39-34)41(2)49(45,46)29-10-11-30(36)31(37)21-29)9-5-25(32)19-33(40)35(44)43-16-14-42(15-17-43)23-24-3-7-27(8-4-24)47-18-13-38/h3-12,19-22H,13-18,23H2,1-2H3. The molecular weight excluding hydrogens is 692 g/mol. The van der Waals surface area contributed by atoms with Crippen LogP contribution in [0.2, 0.25) is 10.0 Å². The second-order valence-corrected chi connectivity index (χ2v) is 14.3. The van der Waals surface area contributed by atoms with Crippen molar-refractivity contribution in [2.75, 3.05) is 50.8 Å². The average molecular weight is 727 g/mol. The van der Waals surface area contributed by atoms with Gasteiger partial charge in [0, 0.05) is 64.3 Å². The topological polar surface area (TPSA) is 97.2 Å². The molecule has 14 heteroatoms. The summed E-state index contributed by atoms with van der Waals surface area (Å²) in [6.07, 6.45) is 1.41. The van der Waals surface area contributed by atoms with Gasteiger partial charge in [-0.2, -0.15) is 0 Å². The summed E-state index contributed by atoms with van der Waals surface area (Å²) < 4.78 is 52.9. The van der Waals surface area contributed by atoms with E-state index in [4.69, 9.17) is 32.7 Å². The van der Waals surface area contributed by atoms with Crippen LogP contribution in [0.15, 0.2) is 90.0 Å². The molecule has 2 aromatic heterocycles. The van der Waals surface area contributed by atoms with Crippen LogP contribution in [-0.2, 0) is 23.6 Å². The number of fused-ring (bicyclic) bond motifs is 1. The second kappa shape index (κ2) is 14.6. The third kappa shape index (κ3) is 7.62. The first-order valence-electron chi connectivity index (χ1n) is 15.5. The highest BCUT2D eigenvalue weighted by Gasteiger charge is 2.25. The summed E-state index contributed by atoms with van der Waals surface area (Å²) in [4.78, 5) is 22.1. The summed E-state index contributed by atoms with van der Waals surface area (Å²) in [6, 6.07) is 22.4. The Hall–Kier alpha value is -4.36. The lowest BCUT2D eigenvalue weighted by Crippen LogP contribution is -2.48. The SMILES string of the molecule is CN(c1ccc(Oc2ccc3cc(C(=O)N4CCN(Cc5ccc(OCCF)cc5)CC4)n(C)c3c2)nc1)S(=O)(=O)c1ccc(Cl)c(Cl)c1. The maximum absolute atomic E-state index is 13.6. The first-order chi connectivity index (χ1) is 23.5. The van der Waals surface area contributed by atoms with Crippen LogP contribution in [0.25, 0.3) is 10.9 Å². The van der Waals surface area contributed by atoms with E-state index >= 15 is 0 Å². The van der Waals surface area contributed by atoms with Crippen molar-refractivity contribution in [3.05, 3.63) is 106 Å². The summed E-state index contributed by atoms with van der Waals surface area (Å²) in [5, 5.41) is 1.30. The zero-order valence-corrected chi connectivity index (χ0v) is 29.2. The van der Waals surface area contributed by atoms with Crippen LogP contribution in [0.5, 0.6) is 17.4 Å². The minimum absolute atomic E-state index is 0.00202. The number of carbonyl (C=O) groups excluding carboxylic acids is 1. The van der Waals surface area contributed by atoms with E-state index in [9.17, 15) is 17.6 Å². The Morgan fingerprint density at radius 2 is 1.65 bits per heavy atom. The van der Waals surface area contributed by atoms with Gasteiger partial charge in [-0.25, -0.2) is 17.8 Å². The molecule has 0 unspecified atom stereocenters. The van der Waals surface area contributed by atoms with E-state index in [1.807, 2.05) is 59.0 Å². The zero-order valence-electron chi connectivity index (χ0n) is 26.9. The van der Waals surface area contributed by atoms with E-state index in [0.717, 1.165) is 40.4 Å². The quantitative estimate of drug-likeness (QED) is 0.148. The minimum atomic E-state index is -3.90. The molecule has 0 saturated carbocycles. The second-order valence-electron chi connectivity index (χ2n) is 11.6. The van der Waals surface area contributed by atoms with Gasteiger partial charge >= 0.3 is 0 Å². The lowest BCUT2D eigenvalue weighted by molar-refractivity contribution is 0.0619. The van der Waals surface area contributed by atoms with Crippen molar-refractivity contribution in [3.63, 3.8) is 0 Å². The first kappa shape index (κ1) is 34.5. The fourth-order valence-corrected chi connectivity index (χ4v) is 7.20. The summed E-state index contributed by atoms with van der Waals surface area (Å²) in [5.74, 6) is 1.40. The third-order valence-electron chi connectivity index (χ3n) is 8.43. The Morgan fingerprint density at radius 3 is 2.33 bits per heavy atom. The maximum atomic E-state index is 13.6. The highest BCUT2D eigenvalue weighted by molar-refractivity contribution is 7.92. The van der Waals surface area contributed by atoms with Crippen molar-refractivity contribution in [1.82, 2.24) is 19.4 Å². The van der Waals surface area contributed by atoms with Gasteiger partial charge in [0.1, 0.15) is 30.5 Å². The van der Waals surface area contributed by atoms with Gasteiger partial charge in [0.15, 0.2) is 0 Å². The number of anilines is 1. The number of ether oxygens (including phenoxy) is 2. The molecule has 3 aromatic carbocycles. The number of aryl methyl sites for hydroxylation is 1. The van der Waals surface area contributed by atoms with Crippen molar-refractivity contribution in [2.24, 2.45) is 7.05 Å². The molecule has 0 spiro atoms. The molecule has 5 aromatic rings. The summed E-state index contributed by atoms with van der Waals surface area (Å²) in [5.41, 5.74) is 2.86. The van der Waals surface area contributed by atoms with E-state index in [0.29, 0.717) is 36.0 Å². The molecule has 49 heavy (non-hydrogen) atoms. The van der Waals surface area contributed by atoms with Crippen molar-refractivity contribution in [2.45, 2.75) is 11.4 Å². The smallest absolute Gasteiger partial charge is 0.270 e. The fraction of sp³-hybridized carbons (Fsp3) is 0.257. The Morgan fingerprint density at radius 1 is 0.918 bits per heavy atom. The van der Waals surface area contributed by atoms with Gasteiger partial charge in [-0.1, -0.05) is 35.3 Å². The number of carbonyl (C=O) groups is 1. The van der Waals surface area contributed by atoms with Crippen molar-refractivity contribution >= 4 is 55.7 Å². The van der Waals surface area contributed by atoms with Gasteiger partial charge in [0.25, 0.3) is 15.9 Å². The van der Waals surface area contributed by atoms with Crippen LogP contribution in [-0.4, -0.2) is 80.2 Å². The number of benzene rings is 3. The predicted molar refractivity (Wildman–Crippen MR) is 188 cm³/mol. The van der Waals surface area contributed by atoms with Crippen LogP contribution in [0, 0.1) is 0 Å². The van der Waals surface area contributed by atoms with E-state index in [2.05, 4.69) is 9.88 Å². The first-order valence-corrected chi connectivity index (χ1v) is 17.7. The highest BCUT2D eigenvalue weighted by atomic mass is 35.5. The summed E-state index contributed by atoms with van der Waals surface area (Å²) in [6.45, 7) is 3.00. The molecule has 1 aliphatic heterocycles. The molecular formula is C35H34Cl2FN5O5S. The normalized spacial score (nSPS) is 13.9. The summed E-state index contributed by atoms with van der Waals surface area (Å²) >= 11 is 12.0. The molecule has 0 N–H and O–H groups in total. The van der Waals surface area contributed by atoms with Crippen LogP contribution >= 0.6 is 23.2 Å². The van der Waals surface area contributed by atoms with Crippen LogP contribution in [0.3, 0.4) is 0 Å². The number of halogens is 3. The number of hydrogen-bond donors (Lipinski definition) is 0. The predicted octanol–water partition coefficient (Wildman–Crippen LogP) is 6.80. The Labute approximate surface area is 294 Å². The Balaban J connectivity index is 1.07. The number of alkyl halides is 1. The molecule has 256 valence electrons. The summed E-state index contributed by atoms with van der Waals surface area (Å²) in [7, 11) is -0.626. The van der Waals surface area contributed by atoms with Crippen LogP contribution in [0.4, 0.5) is 10.1 Å². The number of amides is 1. The number of nitrogens with zero attached hydrogens (tertiary/aromatic N) is 5. The van der Waals surface area contributed by atoms with E-state index in [1.165, 1.54) is 31.4 Å². The molecule has 6 rings (SSSR count). The Bertz CT molecular complexity index is 2070. The van der Waals surface area contributed by atoms with E-state index in [-0.39, 0.29) is 33.3 Å². The largest absolute Gasteiger partial charge is 0.491 e. The van der Waals surface area contributed by atoms with Crippen molar-refractivity contribution in [3.8, 4) is 17.4 Å². The molecule has 1 saturated heterocycles. The molecule has 0 radical (unpaired) electrons. The lowest BCUT2D eigenvalue weighted by atomic mass is 10.2. The monoisotopic (exact) mass is 725 g/mol. The molecule has 3 heterocycles. The van der Waals surface area contributed by atoms with Crippen molar-refractivity contribution < 1.29 is 27.1 Å². The minimum Gasteiger partial charge on any atom is -0.491 e. The number of rotatable bonds is 11. The van der Waals surface area contributed by atoms with Crippen LogP contribution < -0.4 is 13.8 Å². The van der Waals surface area contributed by atoms with E-state index in [1.54, 1.807) is 18.2 Å². The number of hydrogen-bond acceptors (Lipinski definition) is 7. The van der Waals surface area contributed by atoms with Gasteiger partial charge < -0.3 is 18.9 Å². The molecule has 0 atom stereocenters. The van der Waals surface area contributed by atoms with Crippen LogP contribution in [0.1, 0.15) is 16.1 Å². The number of sulfonamides is 1. The highest BCUT2D eigenvalue weighted by Crippen LogP contribution is 2.31. The molecule has 0 aliphatic carbocycles. The van der Waals surface area contributed by atoms with Gasteiger partial charge in [-0.3, -0.25) is 14.0 Å². The number of piperazine rings is 1. The Kier molecular flexibility index (Phi) is 10.3. The lowest BCUT2D eigenvalue weighted by Gasteiger charge is -2.34. The maximum Gasteiger partial charge on any atom is 0.270 e. The van der Waals surface area contributed by atoms with E-state index < -0.39 is 16.7 Å². The molecule has 1 fully saturated rings.